The second-order valence-corrected chi connectivity index (χ2v) is 5.76. The molecule has 2 rings (SSSR count). The summed E-state index contributed by atoms with van der Waals surface area (Å²) >= 11 is 6.18. The molecule has 0 saturated heterocycles. The molecule has 1 saturated carbocycles. The van der Waals surface area contributed by atoms with Crippen molar-refractivity contribution in [2.45, 2.75) is 32.2 Å². The minimum atomic E-state index is -0.297. The van der Waals surface area contributed by atoms with Crippen molar-refractivity contribution >= 4 is 11.6 Å². The lowest BCUT2D eigenvalue weighted by atomic mass is 10.0. The van der Waals surface area contributed by atoms with E-state index in [1.54, 1.807) is 6.07 Å². The molecule has 19 heavy (non-hydrogen) atoms. The highest BCUT2D eigenvalue weighted by atomic mass is 35.5. The molecular formula is C15H22ClFN2. The Bertz CT molecular complexity index is 421. The number of halogens is 2. The summed E-state index contributed by atoms with van der Waals surface area (Å²) < 4.78 is 13.2. The van der Waals surface area contributed by atoms with Crippen LogP contribution in [0.2, 0.25) is 5.02 Å². The Hall–Kier alpha value is -0.640. The lowest BCUT2D eigenvalue weighted by molar-refractivity contribution is 0.193. The number of nitrogens with two attached hydrogens (primary N) is 1. The van der Waals surface area contributed by atoms with Crippen LogP contribution in [0.5, 0.6) is 0 Å². The van der Waals surface area contributed by atoms with E-state index in [2.05, 4.69) is 11.8 Å². The number of nitrogens with zero attached hydrogens (tertiary/aromatic N) is 1. The SMILES string of the molecule is CCCN(CC1CC1)C(CN)c1ccc(F)cc1Cl. The van der Waals surface area contributed by atoms with Crippen LogP contribution in [-0.2, 0) is 0 Å². The summed E-state index contributed by atoms with van der Waals surface area (Å²) in [5.74, 6) is 0.508. The predicted octanol–water partition coefficient (Wildman–Crippen LogP) is 3.60. The highest BCUT2D eigenvalue weighted by molar-refractivity contribution is 6.31. The number of rotatable bonds is 7. The Morgan fingerprint density at radius 1 is 1.47 bits per heavy atom. The quantitative estimate of drug-likeness (QED) is 0.829. The summed E-state index contributed by atoms with van der Waals surface area (Å²) in [7, 11) is 0. The third-order valence-electron chi connectivity index (χ3n) is 3.69. The van der Waals surface area contributed by atoms with Gasteiger partial charge in [-0.3, -0.25) is 4.90 Å². The van der Waals surface area contributed by atoms with E-state index in [-0.39, 0.29) is 11.9 Å². The van der Waals surface area contributed by atoms with Gasteiger partial charge in [-0.25, -0.2) is 4.39 Å². The van der Waals surface area contributed by atoms with Crippen LogP contribution in [-0.4, -0.2) is 24.5 Å². The Morgan fingerprint density at radius 3 is 2.74 bits per heavy atom. The average molecular weight is 285 g/mol. The largest absolute Gasteiger partial charge is 0.329 e. The normalized spacial score (nSPS) is 16.9. The van der Waals surface area contributed by atoms with Gasteiger partial charge in [0.15, 0.2) is 0 Å². The van der Waals surface area contributed by atoms with E-state index in [9.17, 15) is 4.39 Å². The van der Waals surface area contributed by atoms with Crippen LogP contribution in [0.4, 0.5) is 4.39 Å². The van der Waals surface area contributed by atoms with Crippen molar-refractivity contribution in [3.8, 4) is 0 Å². The van der Waals surface area contributed by atoms with Gasteiger partial charge < -0.3 is 5.73 Å². The first-order valence-electron chi connectivity index (χ1n) is 7.04. The van der Waals surface area contributed by atoms with Crippen LogP contribution in [0.15, 0.2) is 18.2 Å². The van der Waals surface area contributed by atoms with Crippen LogP contribution in [0.1, 0.15) is 37.8 Å². The standard InChI is InChI=1S/C15H22ClFN2/c1-2-7-19(10-11-3-4-11)15(9-18)13-6-5-12(17)8-14(13)16/h5-6,8,11,15H,2-4,7,9-10,18H2,1H3. The van der Waals surface area contributed by atoms with Gasteiger partial charge in [0.2, 0.25) is 0 Å². The minimum Gasteiger partial charge on any atom is -0.329 e. The molecule has 0 spiro atoms. The summed E-state index contributed by atoms with van der Waals surface area (Å²) in [5, 5.41) is 0.479. The fourth-order valence-electron chi connectivity index (χ4n) is 2.54. The summed E-state index contributed by atoms with van der Waals surface area (Å²) in [6, 6.07) is 4.70. The third kappa shape index (κ3) is 3.91. The number of hydrogen-bond donors (Lipinski definition) is 1. The molecule has 1 aliphatic carbocycles. The topological polar surface area (TPSA) is 29.3 Å². The molecular weight excluding hydrogens is 263 g/mol. The van der Waals surface area contributed by atoms with E-state index >= 15 is 0 Å². The van der Waals surface area contributed by atoms with Gasteiger partial charge in [0, 0.05) is 24.2 Å². The summed E-state index contributed by atoms with van der Waals surface area (Å²) in [4.78, 5) is 2.40. The maximum absolute atomic E-state index is 13.2. The van der Waals surface area contributed by atoms with E-state index in [0.29, 0.717) is 11.6 Å². The van der Waals surface area contributed by atoms with Gasteiger partial charge in [0.25, 0.3) is 0 Å². The second-order valence-electron chi connectivity index (χ2n) is 5.36. The first-order chi connectivity index (χ1) is 9.15. The number of hydrogen-bond acceptors (Lipinski definition) is 2. The molecule has 0 heterocycles. The van der Waals surface area contributed by atoms with E-state index in [1.165, 1.54) is 25.0 Å². The second kappa shape index (κ2) is 6.69. The monoisotopic (exact) mass is 284 g/mol. The molecule has 1 aliphatic rings. The zero-order valence-corrected chi connectivity index (χ0v) is 12.2. The van der Waals surface area contributed by atoms with Gasteiger partial charge in [0.1, 0.15) is 5.82 Å². The molecule has 0 amide bonds. The molecule has 106 valence electrons. The summed E-state index contributed by atoms with van der Waals surface area (Å²) in [5.41, 5.74) is 6.89. The summed E-state index contributed by atoms with van der Waals surface area (Å²) in [6.07, 6.45) is 3.71. The van der Waals surface area contributed by atoms with Gasteiger partial charge in [-0.1, -0.05) is 24.6 Å². The molecule has 4 heteroatoms. The average Bonchev–Trinajstić information content (AvgIpc) is 3.17. The minimum absolute atomic E-state index is 0.0913. The van der Waals surface area contributed by atoms with Crippen molar-refractivity contribution in [2.75, 3.05) is 19.6 Å². The van der Waals surface area contributed by atoms with E-state index in [0.717, 1.165) is 31.0 Å². The Morgan fingerprint density at radius 2 is 2.21 bits per heavy atom. The molecule has 1 unspecified atom stereocenters. The molecule has 2 nitrogen and oxygen atoms in total. The van der Waals surface area contributed by atoms with Crippen molar-refractivity contribution in [3.63, 3.8) is 0 Å². The Balaban J connectivity index is 2.19. The molecule has 1 fully saturated rings. The zero-order chi connectivity index (χ0) is 13.8. The van der Waals surface area contributed by atoms with Crippen molar-refractivity contribution in [3.05, 3.63) is 34.6 Å². The Labute approximate surface area is 119 Å². The first kappa shape index (κ1) is 14.8. The van der Waals surface area contributed by atoms with Crippen LogP contribution in [0.3, 0.4) is 0 Å². The van der Waals surface area contributed by atoms with Crippen molar-refractivity contribution in [1.29, 1.82) is 0 Å². The third-order valence-corrected chi connectivity index (χ3v) is 4.01. The lowest BCUT2D eigenvalue weighted by Crippen LogP contribution is -2.36. The maximum Gasteiger partial charge on any atom is 0.124 e. The highest BCUT2D eigenvalue weighted by Crippen LogP contribution is 2.34. The van der Waals surface area contributed by atoms with Crippen molar-refractivity contribution < 1.29 is 4.39 Å². The molecule has 0 radical (unpaired) electrons. The van der Waals surface area contributed by atoms with Crippen molar-refractivity contribution in [2.24, 2.45) is 11.7 Å². The van der Waals surface area contributed by atoms with Gasteiger partial charge in [-0.05, 0) is 49.4 Å². The first-order valence-corrected chi connectivity index (χ1v) is 7.42. The lowest BCUT2D eigenvalue weighted by Gasteiger charge is -2.31. The zero-order valence-electron chi connectivity index (χ0n) is 11.4. The van der Waals surface area contributed by atoms with Crippen molar-refractivity contribution in [1.82, 2.24) is 4.90 Å². The number of benzene rings is 1. The predicted molar refractivity (Wildman–Crippen MR) is 77.8 cm³/mol. The molecule has 0 aliphatic heterocycles. The van der Waals surface area contributed by atoms with Crippen LogP contribution in [0.25, 0.3) is 0 Å². The smallest absolute Gasteiger partial charge is 0.124 e. The van der Waals surface area contributed by atoms with Crippen LogP contribution >= 0.6 is 11.6 Å². The van der Waals surface area contributed by atoms with Gasteiger partial charge >= 0.3 is 0 Å². The maximum atomic E-state index is 13.2. The molecule has 0 aromatic heterocycles. The highest BCUT2D eigenvalue weighted by Gasteiger charge is 2.28. The molecule has 1 aromatic rings. The van der Waals surface area contributed by atoms with Gasteiger partial charge in [-0.2, -0.15) is 0 Å². The summed E-state index contributed by atoms with van der Waals surface area (Å²) in [6.45, 7) is 4.76. The van der Waals surface area contributed by atoms with E-state index in [4.69, 9.17) is 17.3 Å². The fourth-order valence-corrected chi connectivity index (χ4v) is 2.83. The fraction of sp³-hybridized carbons (Fsp3) is 0.600. The van der Waals surface area contributed by atoms with Gasteiger partial charge in [0.05, 0.1) is 0 Å². The van der Waals surface area contributed by atoms with Crippen LogP contribution < -0.4 is 5.73 Å². The molecule has 1 atom stereocenters. The molecule has 1 aromatic carbocycles. The molecule has 0 bridgehead atoms. The van der Waals surface area contributed by atoms with E-state index < -0.39 is 0 Å². The van der Waals surface area contributed by atoms with E-state index in [1.807, 2.05) is 0 Å². The van der Waals surface area contributed by atoms with Crippen LogP contribution in [0, 0.1) is 11.7 Å². The van der Waals surface area contributed by atoms with Gasteiger partial charge in [-0.15, -0.1) is 0 Å². The molecule has 2 N–H and O–H groups in total. The Kier molecular flexibility index (Phi) is 5.20.